The molecule has 0 saturated carbocycles. The Labute approximate surface area is 344 Å². The monoisotopic (exact) mass is 802 g/mol. The molecular formula is C48H50O11. The molecule has 0 spiro atoms. The molecule has 2 unspecified atom stereocenters. The Morgan fingerprint density at radius 3 is 1.24 bits per heavy atom. The molecule has 4 heterocycles. The summed E-state index contributed by atoms with van der Waals surface area (Å²) >= 11 is 0. The first-order chi connectivity index (χ1) is 29.2. The summed E-state index contributed by atoms with van der Waals surface area (Å²) in [5, 5.41) is 0. The molecule has 4 fully saturated rings. The molecule has 0 amide bonds. The smallest absolute Gasteiger partial charge is 0.187 e. The lowest BCUT2D eigenvalue weighted by molar-refractivity contribution is -0.411. The van der Waals surface area contributed by atoms with E-state index in [-0.39, 0.29) is 26.4 Å². The average Bonchev–Trinajstić information content (AvgIpc) is 3.31. The molecule has 9 rings (SSSR count). The van der Waals surface area contributed by atoms with Gasteiger partial charge in [0.05, 0.1) is 33.0 Å². The fourth-order valence-corrected chi connectivity index (χ4v) is 8.10. The number of benzene rings is 5. The summed E-state index contributed by atoms with van der Waals surface area (Å²) in [5.74, 6) is 0. The minimum Gasteiger partial charge on any atom is -0.368 e. The molecule has 12 atom stereocenters. The van der Waals surface area contributed by atoms with Crippen molar-refractivity contribution in [3.63, 3.8) is 0 Å². The van der Waals surface area contributed by atoms with Crippen LogP contribution in [0.1, 0.15) is 40.4 Å². The first kappa shape index (κ1) is 40.1. The predicted molar refractivity (Wildman–Crippen MR) is 214 cm³/mol. The molecule has 0 N–H and O–H groups in total. The van der Waals surface area contributed by atoms with E-state index in [1.54, 1.807) is 7.11 Å². The molecule has 11 nitrogen and oxygen atoms in total. The highest BCUT2D eigenvalue weighted by Gasteiger charge is 2.57. The van der Waals surface area contributed by atoms with Crippen LogP contribution in [0, 0.1) is 0 Å². The standard InChI is InChI=1S/C48H50O11/c1-49-47-44(52-29-34-21-11-4-12-22-34)42(40-38(55-47)31-54-46(58-40)36-25-15-6-16-26-36)59-48-43(51-28-33-19-9-3-10-20-33)41(50-27-32-17-7-2-8-18-32)39-37(56-48)30-53-45(57-39)35-23-13-5-14-24-35/h2-26,37-48H,27-31H2,1H3/t37-,38-,39-,40-,41+,42+,43+,44-,45?,46?,47+,48+/m1/s1. The van der Waals surface area contributed by atoms with Gasteiger partial charge in [0.15, 0.2) is 25.2 Å². The molecule has 0 radical (unpaired) electrons. The van der Waals surface area contributed by atoms with Crippen molar-refractivity contribution in [2.24, 2.45) is 0 Å². The maximum atomic E-state index is 7.26. The quantitative estimate of drug-likeness (QED) is 0.112. The lowest BCUT2D eigenvalue weighted by Crippen LogP contribution is -2.68. The Kier molecular flexibility index (Phi) is 13.2. The maximum Gasteiger partial charge on any atom is 0.187 e. The van der Waals surface area contributed by atoms with Crippen LogP contribution in [0.25, 0.3) is 0 Å². The van der Waals surface area contributed by atoms with Crippen molar-refractivity contribution in [3.8, 4) is 0 Å². The predicted octanol–water partition coefficient (Wildman–Crippen LogP) is 7.45. The maximum absolute atomic E-state index is 7.26. The highest BCUT2D eigenvalue weighted by molar-refractivity contribution is 5.19. The zero-order valence-corrected chi connectivity index (χ0v) is 32.9. The van der Waals surface area contributed by atoms with Gasteiger partial charge in [-0.2, -0.15) is 0 Å². The molecule has 5 aromatic carbocycles. The first-order valence-corrected chi connectivity index (χ1v) is 20.3. The number of ether oxygens (including phenoxy) is 11. The third-order valence-electron chi connectivity index (χ3n) is 11.1. The van der Waals surface area contributed by atoms with Crippen LogP contribution < -0.4 is 0 Å². The summed E-state index contributed by atoms with van der Waals surface area (Å²) in [6.07, 6.45) is -8.40. The minimum atomic E-state index is -0.994. The third-order valence-corrected chi connectivity index (χ3v) is 11.1. The van der Waals surface area contributed by atoms with Crippen LogP contribution in [0.4, 0.5) is 0 Å². The van der Waals surface area contributed by atoms with Crippen LogP contribution in [0.15, 0.2) is 152 Å². The molecule has 5 aromatic rings. The third kappa shape index (κ3) is 9.52. The summed E-state index contributed by atoms with van der Waals surface area (Å²) in [7, 11) is 1.60. The number of rotatable bonds is 14. The van der Waals surface area contributed by atoms with E-state index in [4.69, 9.17) is 52.1 Å². The molecular weight excluding hydrogens is 753 g/mol. The second-order valence-corrected chi connectivity index (χ2v) is 15.1. The van der Waals surface area contributed by atoms with Crippen molar-refractivity contribution in [1.29, 1.82) is 0 Å². The lowest BCUT2D eigenvalue weighted by atomic mass is 9.95. The molecule has 4 saturated heterocycles. The molecule has 11 heteroatoms. The van der Waals surface area contributed by atoms with E-state index in [2.05, 4.69) is 0 Å². The van der Waals surface area contributed by atoms with Crippen molar-refractivity contribution in [2.75, 3.05) is 20.3 Å². The molecule has 4 aliphatic heterocycles. The van der Waals surface area contributed by atoms with Crippen LogP contribution in [0.3, 0.4) is 0 Å². The molecule has 308 valence electrons. The van der Waals surface area contributed by atoms with E-state index in [0.717, 1.165) is 27.8 Å². The van der Waals surface area contributed by atoms with E-state index in [1.807, 2.05) is 152 Å². The lowest BCUT2D eigenvalue weighted by Gasteiger charge is -2.52. The number of fused-ring (bicyclic) bond motifs is 2. The van der Waals surface area contributed by atoms with Crippen LogP contribution in [0.2, 0.25) is 0 Å². The fourth-order valence-electron chi connectivity index (χ4n) is 8.10. The first-order valence-electron chi connectivity index (χ1n) is 20.3. The van der Waals surface area contributed by atoms with Gasteiger partial charge in [0.25, 0.3) is 0 Å². The van der Waals surface area contributed by atoms with Crippen molar-refractivity contribution >= 4 is 0 Å². The van der Waals surface area contributed by atoms with Crippen molar-refractivity contribution in [2.45, 2.75) is 93.8 Å². The zero-order chi connectivity index (χ0) is 39.8. The summed E-state index contributed by atoms with van der Waals surface area (Å²) in [6.45, 7) is 1.33. The van der Waals surface area contributed by atoms with Gasteiger partial charge < -0.3 is 52.1 Å². The fraction of sp³-hybridized carbons (Fsp3) is 0.375. The van der Waals surface area contributed by atoms with Gasteiger partial charge in [-0.15, -0.1) is 0 Å². The SMILES string of the molecule is CO[C@H]1O[C@@H]2COC(c3ccccc3)O[C@H]2[C@H](O[C@@H]2O[C@@H]3COC(c4ccccc4)O[C@H]3[C@H](OCc3ccccc3)[C@@H]2OCc2ccccc2)[C@H]1OCc1ccccc1. The Balaban J connectivity index is 1.07. The van der Waals surface area contributed by atoms with Crippen molar-refractivity contribution in [1.82, 2.24) is 0 Å². The van der Waals surface area contributed by atoms with Gasteiger partial charge in [-0.25, -0.2) is 0 Å². The Hall–Kier alpha value is -4.34. The van der Waals surface area contributed by atoms with Gasteiger partial charge >= 0.3 is 0 Å². The van der Waals surface area contributed by atoms with Gasteiger partial charge in [0, 0.05) is 18.2 Å². The summed E-state index contributed by atoms with van der Waals surface area (Å²) in [5.41, 5.74) is 4.75. The molecule has 0 aromatic heterocycles. The molecule has 59 heavy (non-hydrogen) atoms. The second-order valence-electron chi connectivity index (χ2n) is 15.1. The van der Waals surface area contributed by atoms with E-state index in [1.165, 1.54) is 0 Å². The average molecular weight is 803 g/mol. The number of hydrogen-bond donors (Lipinski definition) is 0. The van der Waals surface area contributed by atoms with E-state index < -0.39 is 74.0 Å². The number of hydrogen-bond acceptors (Lipinski definition) is 11. The van der Waals surface area contributed by atoms with Crippen LogP contribution in [0.5, 0.6) is 0 Å². The summed E-state index contributed by atoms with van der Waals surface area (Å²) in [4.78, 5) is 0. The van der Waals surface area contributed by atoms with E-state index in [9.17, 15) is 0 Å². The van der Waals surface area contributed by atoms with Crippen LogP contribution in [-0.4, -0.2) is 81.7 Å². The molecule has 0 bridgehead atoms. The Bertz CT molecular complexity index is 1990. The summed E-state index contributed by atoms with van der Waals surface area (Å²) in [6, 6.07) is 49.7. The normalized spacial score (nSPS) is 31.8. The van der Waals surface area contributed by atoms with Crippen LogP contribution in [-0.2, 0) is 71.9 Å². The van der Waals surface area contributed by atoms with Gasteiger partial charge in [0.2, 0.25) is 0 Å². The minimum absolute atomic E-state index is 0.232. The van der Waals surface area contributed by atoms with Crippen molar-refractivity contribution < 1.29 is 52.1 Å². The highest BCUT2D eigenvalue weighted by atomic mass is 16.8. The van der Waals surface area contributed by atoms with Crippen LogP contribution >= 0.6 is 0 Å². The topological polar surface area (TPSA) is 102 Å². The van der Waals surface area contributed by atoms with Gasteiger partial charge in [-0.3, -0.25) is 0 Å². The number of methoxy groups -OCH3 is 1. The van der Waals surface area contributed by atoms with E-state index >= 15 is 0 Å². The van der Waals surface area contributed by atoms with E-state index in [0.29, 0.717) is 6.61 Å². The second kappa shape index (κ2) is 19.4. The summed E-state index contributed by atoms with van der Waals surface area (Å²) < 4.78 is 73.3. The van der Waals surface area contributed by atoms with Crippen molar-refractivity contribution in [3.05, 3.63) is 179 Å². The largest absolute Gasteiger partial charge is 0.368 e. The molecule has 4 aliphatic rings. The van der Waals surface area contributed by atoms with Gasteiger partial charge in [-0.1, -0.05) is 152 Å². The Morgan fingerprint density at radius 2 is 0.797 bits per heavy atom. The van der Waals surface area contributed by atoms with Gasteiger partial charge in [-0.05, 0) is 16.7 Å². The Morgan fingerprint density at radius 1 is 0.424 bits per heavy atom. The zero-order valence-electron chi connectivity index (χ0n) is 32.9. The molecule has 0 aliphatic carbocycles. The highest BCUT2D eigenvalue weighted by Crippen LogP contribution is 2.41. The van der Waals surface area contributed by atoms with Gasteiger partial charge in [0.1, 0.15) is 48.8 Å².